The van der Waals surface area contributed by atoms with Gasteiger partial charge in [-0.15, -0.1) is 0 Å². The van der Waals surface area contributed by atoms with Crippen LogP contribution < -0.4 is 10.6 Å². The molecule has 1 aliphatic carbocycles. The predicted octanol–water partition coefficient (Wildman–Crippen LogP) is 3.41. The third-order valence-corrected chi connectivity index (χ3v) is 5.65. The first-order valence-corrected chi connectivity index (χ1v) is 10.8. The molecule has 0 radical (unpaired) electrons. The number of ether oxygens (including phenoxy) is 2. The molecule has 0 fully saturated rings. The van der Waals surface area contributed by atoms with E-state index in [1.54, 1.807) is 0 Å². The van der Waals surface area contributed by atoms with Gasteiger partial charge < -0.3 is 24.9 Å². The van der Waals surface area contributed by atoms with Crippen molar-refractivity contribution in [3.63, 3.8) is 0 Å². The van der Waals surface area contributed by atoms with E-state index in [9.17, 15) is 14.4 Å². The number of hydrogen-bond acceptors (Lipinski definition) is 6. The summed E-state index contributed by atoms with van der Waals surface area (Å²) < 4.78 is 10.3. The molecular weight excluding hydrogens is 408 g/mol. The van der Waals surface area contributed by atoms with Crippen LogP contribution in [0.3, 0.4) is 0 Å². The van der Waals surface area contributed by atoms with Crippen LogP contribution in [0.5, 0.6) is 0 Å². The standard InChI is InChI=1S/C25H30N2O5/c1-16(14-26-23(24(29)31-3)13-12-17(2)28)27-25(30)32-15-22-20-10-6-4-8-18(20)19-9-5-7-11-21(19)22/h4-11,16,22-23,26H,12-15H2,1-3H3,(H,27,30)/t16-,23+/m1/s1. The number of carbonyl (C=O) groups excluding carboxylic acids is 3. The predicted molar refractivity (Wildman–Crippen MR) is 121 cm³/mol. The lowest BCUT2D eigenvalue weighted by Gasteiger charge is -2.20. The maximum Gasteiger partial charge on any atom is 0.407 e. The van der Waals surface area contributed by atoms with Gasteiger partial charge in [0.15, 0.2) is 0 Å². The van der Waals surface area contributed by atoms with Crippen LogP contribution in [0.15, 0.2) is 48.5 Å². The van der Waals surface area contributed by atoms with Crippen molar-refractivity contribution in [1.29, 1.82) is 0 Å². The van der Waals surface area contributed by atoms with Crippen LogP contribution in [-0.2, 0) is 19.1 Å². The van der Waals surface area contributed by atoms with Gasteiger partial charge in [-0.05, 0) is 42.5 Å². The molecule has 0 heterocycles. The Morgan fingerprint density at radius 2 is 1.59 bits per heavy atom. The molecule has 0 saturated carbocycles. The molecule has 0 aliphatic heterocycles. The Bertz CT molecular complexity index is 929. The molecule has 0 spiro atoms. The average molecular weight is 439 g/mol. The number of amides is 1. The molecule has 1 aliphatic rings. The number of rotatable bonds is 10. The molecule has 32 heavy (non-hydrogen) atoms. The molecule has 2 N–H and O–H groups in total. The minimum Gasteiger partial charge on any atom is -0.468 e. The number of carbonyl (C=O) groups is 3. The first kappa shape index (κ1) is 23.5. The number of Topliss-reactive ketones (excluding diaryl/α,β-unsaturated/α-hetero) is 1. The summed E-state index contributed by atoms with van der Waals surface area (Å²) in [6, 6.07) is 15.5. The van der Waals surface area contributed by atoms with Crippen molar-refractivity contribution in [1.82, 2.24) is 10.6 Å². The fourth-order valence-electron chi connectivity index (χ4n) is 4.00. The Kier molecular flexibility index (Phi) is 8.00. The van der Waals surface area contributed by atoms with E-state index in [1.165, 1.54) is 25.2 Å². The van der Waals surface area contributed by atoms with Crippen molar-refractivity contribution in [3.05, 3.63) is 59.7 Å². The lowest BCUT2D eigenvalue weighted by Crippen LogP contribution is -2.46. The summed E-state index contributed by atoms with van der Waals surface area (Å²) in [5.74, 6) is -0.429. The van der Waals surface area contributed by atoms with Crippen LogP contribution >= 0.6 is 0 Å². The second kappa shape index (κ2) is 10.9. The molecule has 1 amide bonds. The lowest BCUT2D eigenvalue weighted by atomic mass is 9.98. The van der Waals surface area contributed by atoms with E-state index in [4.69, 9.17) is 9.47 Å². The normalized spacial score (nSPS) is 14.1. The SMILES string of the molecule is COC(=O)[C@H](CCC(C)=O)NC[C@@H](C)NC(=O)OCC1c2ccccc2-c2ccccc21. The van der Waals surface area contributed by atoms with E-state index < -0.39 is 18.1 Å². The van der Waals surface area contributed by atoms with Crippen molar-refractivity contribution >= 4 is 17.8 Å². The second-order valence-electron chi connectivity index (χ2n) is 8.10. The van der Waals surface area contributed by atoms with Crippen LogP contribution in [0.2, 0.25) is 0 Å². The molecule has 2 aromatic carbocycles. The average Bonchev–Trinajstić information content (AvgIpc) is 3.11. The summed E-state index contributed by atoms with van der Waals surface area (Å²) in [6.45, 7) is 3.87. The summed E-state index contributed by atoms with van der Waals surface area (Å²) in [5.41, 5.74) is 4.66. The van der Waals surface area contributed by atoms with Crippen molar-refractivity contribution in [2.75, 3.05) is 20.3 Å². The van der Waals surface area contributed by atoms with E-state index in [2.05, 4.69) is 34.9 Å². The van der Waals surface area contributed by atoms with Crippen molar-refractivity contribution in [2.45, 2.75) is 44.7 Å². The maximum absolute atomic E-state index is 12.4. The third-order valence-electron chi connectivity index (χ3n) is 5.65. The lowest BCUT2D eigenvalue weighted by molar-refractivity contribution is -0.143. The topological polar surface area (TPSA) is 93.7 Å². The largest absolute Gasteiger partial charge is 0.468 e. The van der Waals surface area contributed by atoms with Crippen molar-refractivity contribution in [3.8, 4) is 11.1 Å². The van der Waals surface area contributed by atoms with Crippen LogP contribution in [0, 0.1) is 0 Å². The fourth-order valence-corrected chi connectivity index (χ4v) is 4.00. The number of methoxy groups -OCH3 is 1. The van der Waals surface area contributed by atoms with Crippen LogP contribution in [-0.4, -0.2) is 50.2 Å². The monoisotopic (exact) mass is 438 g/mol. The smallest absolute Gasteiger partial charge is 0.407 e. The first-order chi connectivity index (χ1) is 15.4. The second-order valence-corrected chi connectivity index (χ2v) is 8.10. The molecular formula is C25H30N2O5. The highest BCUT2D eigenvalue weighted by Crippen LogP contribution is 2.44. The molecule has 0 saturated heterocycles. The summed E-state index contributed by atoms with van der Waals surface area (Å²) in [4.78, 5) is 35.5. The summed E-state index contributed by atoms with van der Waals surface area (Å²) in [6.07, 6.45) is 0.111. The number of hydrogen-bond donors (Lipinski definition) is 2. The summed E-state index contributed by atoms with van der Waals surface area (Å²) in [5, 5.41) is 5.84. The van der Waals surface area contributed by atoms with E-state index in [-0.39, 0.29) is 30.8 Å². The van der Waals surface area contributed by atoms with Gasteiger partial charge in [0, 0.05) is 24.9 Å². The quantitative estimate of drug-likeness (QED) is 0.552. The molecule has 0 bridgehead atoms. The van der Waals surface area contributed by atoms with Crippen LogP contribution in [0.4, 0.5) is 4.79 Å². The molecule has 2 atom stereocenters. The van der Waals surface area contributed by atoms with E-state index in [0.717, 1.165) is 11.1 Å². The van der Waals surface area contributed by atoms with Gasteiger partial charge in [0.05, 0.1) is 7.11 Å². The first-order valence-electron chi connectivity index (χ1n) is 10.8. The molecule has 0 unspecified atom stereocenters. The summed E-state index contributed by atoms with van der Waals surface area (Å²) in [7, 11) is 1.31. The number of alkyl carbamates (subject to hydrolysis) is 1. The van der Waals surface area contributed by atoms with Gasteiger partial charge in [-0.2, -0.15) is 0 Å². The zero-order valence-corrected chi connectivity index (χ0v) is 18.7. The Hall–Kier alpha value is -3.19. The zero-order valence-electron chi connectivity index (χ0n) is 18.7. The van der Waals surface area contributed by atoms with Crippen LogP contribution in [0.25, 0.3) is 11.1 Å². The van der Waals surface area contributed by atoms with E-state index in [0.29, 0.717) is 13.0 Å². The Morgan fingerprint density at radius 1 is 1.00 bits per heavy atom. The highest BCUT2D eigenvalue weighted by molar-refractivity contribution is 5.80. The molecule has 7 heteroatoms. The minimum absolute atomic E-state index is 0.00290. The Labute approximate surface area is 188 Å². The molecule has 2 aromatic rings. The number of fused-ring (bicyclic) bond motifs is 3. The van der Waals surface area contributed by atoms with Gasteiger partial charge in [0.25, 0.3) is 0 Å². The molecule has 0 aromatic heterocycles. The van der Waals surface area contributed by atoms with Gasteiger partial charge in [-0.1, -0.05) is 48.5 Å². The number of benzene rings is 2. The number of esters is 1. The zero-order chi connectivity index (χ0) is 23.1. The van der Waals surface area contributed by atoms with Gasteiger partial charge >= 0.3 is 12.1 Å². The minimum atomic E-state index is -0.601. The van der Waals surface area contributed by atoms with Gasteiger partial charge in [0.1, 0.15) is 18.4 Å². The highest BCUT2D eigenvalue weighted by Gasteiger charge is 2.29. The number of nitrogens with one attached hydrogen (secondary N) is 2. The third kappa shape index (κ3) is 5.73. The van der Waals surface area contributed by atoms with Gasteiger partial charge in [-0.25, -0.2) is 4.79 Å². The number of ketones is 1. The van der Waals surface area contributed by atoms with E-state index >= 15 is 0 Å². The molecule has 7 nitrogen and oxygen atoms in total. The van der Waals surface area contributed by atoms with Crippen molar-refractivity contribution < 1.29 is 23.9 Å². The Balaban J connectivity index is 1.51. The van der Waals surface area contributed by atoms with Crippen molar-refractivity contribution in [2.24, 2.45) is 0 Å². The van der Waals surface area contributed by atoms with Crippen LogP contribution in [0.1, 0.15) is 43.7 Å². The van der Waals surface area contributed by atoms with Gasteiger partial charge in [0.2, 0.25) is 0 Å². The highest BCUT2D eigenvalue weighted by atomic mass is 16.5. The van der Waals surface area contributed by atoms with Gasteiger partial charge in [-0.3, -0.25) is 4.79 Å². The maximum atomic E-state index is 12.4. The van der Waals surface area contributed by atoms with E-state index in [1.807, 2.05) is 31.2 Å². The summed E-state index contributed by atoms with van der Waals surface area (Å²) >= 11 is 0. The molecule has 3 rings (SSSR count). The Morgan fingerprint density at radius 3 is 2.16 bits per heavy atom. The fraction of sp³-hybridized carbons (Fsp3) is 0.400. The molecule has 170 valence electrons.